The van der Waals surface area contributed by atoms with E-state index in [4.69, 9.17) is 32.5 Å². The van der Waals surface area contributed by atoms with E-state index in [2.05, 4.69) is 10.5 Å². The third kappa shape index (κ3) is 4.30. The van der Waals surface area contributed by atoms with Crippen LogP contribution >= 0.6 is 23.2 Å². The number of hydrogen-bond acceptors (Lipinski definition) is 5. The first kappa shape index (κ1) is 23.1. The number of amides is 1. The molecule has 1 aromatic heterocycles. The predicted molar refractivity (Wildman–Crippen MR) is 116 cm³/mol. The molecule has 1 amide bonds. The van der Waals surface area contributed by atoms with E-state index in [-0.39, 0.29) is 39.4 Å². The summed E-state index contributed by atoms with van der Waals surface area (Å²) in [5.41, 5.74) is -2.84. The van der Waals surface area contributed by atoms with Gasteiger partial charge in [-0.25, -0.2) is 4.79 Å². The summed E-state index contributed by atoms with van der Waals surface area (Å²) in [7, 11) is 0. The monoisotopic (exact) mass is 498 g/mol. The molecule has 11 heteroatoms. The summed E-state index contributed by atoms with van der Waals surface area (Å²) in [6.45, 7) is 1.39. The molecule has 3 aromatic rings. The molecule has 0 spiro atoms. The Labute approximate surface area is 194 Å². The molecule has 0 radical (unpaired) electrons. The van der Waals surface area contributed by atoms with Crippen LogP contribution in [0.4, 0.5) is 13.2 Å². The number of rotatable bonds is 4. The highest BCUT2D eigenvalue weighted by molar-refractivity contribution is 6.34. The lowest BCUT2D eigenvalue weighted by molar-refractivity contribution is -0.275. The minimum Gasteiger partial charge on any atom is -0.422 e. The quantitative estimate of drug-likeness (QED) is 0.493. The van der Waals surface area contributed by atoms with Gasteiger partial charge in [-0.05, 0) is 24.3 Å². The van der Waals surface area contributed by atoms with Gasteiger partial charge in [0.25, 0.3) is 5.60 Å². The SMILES string of the molecule is CC(=O)NCc1ccc(C2=NOC(c3cc(Cl)cc(Cl)c3)(C(F)(F)F)C2)c2ccc(=O)oc12. The Kier molecular flexibility index (Phi) is 5.88. The van der Waals surface area contributed by atoms with E-state index in [0.29, 0.717) is 16.5 Å². The van der Waals surface area contributed by atoms with E-state index >= 15 is 0 Å². The molecule has 0 saturated carbocycles. The smallest absolute Gasteiger partial charge is 0.422 e. The first-order valence-corrected chi connectivity index (χ1v) is 10.3. The van der Waals surface area contributed by atoms with E-state index in [9.17, 15) is 22.8 Å². The van der Waals surface area contributed by atoms with Crippen molar-refractivity contribution in [3.8, 4) is 0 Å². The molecule has 0 aliphatic carbocycles. The number of carbonyl (C=O) groups excluding carboxylic acids is 1. The standard InChI is InChI=1S/C22H15Cl2F3N2O4/c1-11(30)28-10-12-2-3-16(17-4-5-19(31)32-20(12)17)18-9-21(33-29-18,22(25,26)27)13-6-14(23)8-15(24)7-13/h2-8H,9-10H2,1H3,(H,28,30). The van der Waals surface area contributed by atoms with Gasteiger partial charge >= 0.3 is 11.8 Å². The van der Waals surface area contributed by atoms with Crippen LogP contribution in [0.15, 0.2) is 56.8 Å². The fraction of sp³-hybridized carbons (Fsp3) is 0.227. The lowest BCUT2D eigenvalue weighted by Crippen LogP contribution is -2.42. The van der Waals surface area contributed by atoms with Gasteiger partial charge in [-0.3, -0.25) is 4.79 Å². The number of halogens is 5. The Morgan fingerprint density at radius 3 is 2.48 bits per heavy atom. The maximum Gasteiger partial charge on any atom is 0.435 e. The van der Waals surface area contributed by atoms with Crippen LogP contribution in [0.1, 0.15) is 30.0 Å². The molecule has 1 atom stereocenters. The molecule has 1 aliphatic rings. The number of fused-ring (bicyclic) bond motifs is 1. The largest absolute Gasteiger partial charge is 0.435 e. The number of alkyl halides is 3. The van der Waals surface area contributed by atoms with Crippen molar-refractivity contribution in [3.63, 3.8) is 0 Å². The van der Waals surface area contributed by atoms with Crippen LogP contribution in [0.5, 0.6) is 0 Å². The Balaban J connectivity index is 1.81. The highest BCUT2D eigenvalue weighted by Gasteiger charge is 2.62. The van der Waals surface area contributed by atoms with Crippen molar-refractivity contribution in [1.82, 2.24) is 5.32 Å². The van der Waals surface area contributed by atoms with Crippen molar-refractivity contribution in [3.05, 3.63) is 79.6 Å². The summed E-state index contributed by atoms with van der Waals surface area (Å²) in [5.74, 6) is -0.297. The van der Waals surface area contributed by atoms with E-state index in [0.717, 1.165) is 18.2 Å². The van der Waals surface area contributed by atoms with Gasteiger partial charge in [-0.1, -0.05) is 40.5 Å². The molecule has 33 heavy (non-hydrogen) atoms. The van der Waals surface area contributed by atoms with Gasteiger partial charge in [0, 0.05) is 58.1 Å². The summed E-state index contributed by atoms with van der Waals surface area (Å²) in [4.78, 5) is 28.1. The van der Waals surface area contributed by atoms with Gasteiger partial charge in [-0.2, -0.15) is 13.2 Å². The molecule has 2 heterocycles. The van der Waals surface area contributed by atoms with Crippen molar-refractivity contribution in [1.29, 1.82) is 0 Å². The first-order valence-electron chi connectivity index (χ1n) is 9.59. The molecule has 2 aromatic carbocycles. The lowest BCUT2D eigenvalue weighted by atomic mass is 9.85. The van der Waals surface area contributed by atoms with Gasteiger partial charge in [0.05, 0.1) is 5.71 Å². The average molecular weight is 499 g/mol. The summed E-state index contributed by atoms with van der Waals surface area (Å²) in [6, 6.07) is 9.25. The van der Waals surface area contributed by atoms with Crippen molar-refractivity contribution in [2.75, 3.05) is 0 Å². The Bertz CT molecular complexity index is 1330. The molecule has 0 saturated heterocycles. The lowest BCUT2D eigenvalue weighted by Gasteiger charge is -2.29. The van der Waals surface area contributed by atoms with Gasteiger partial charge in [0.1, 0.15) is 5.58 Å². The molecule has 1 unspecified atom stereocenters. The Morgan fingerprint density at radius 1 is 1.15 bits per heavy atom. The van der Waals surface area contributed by atoms with E-state index < -0.39 is 23.8 Å². The molecule has 4 rings (SSSR count). The van der Waals surface area contributed by atoms with Crippen molar-refractivity contribution >= 4 is 45.8 Å². The molecule has 172 valence electrons. The van der Waals surface area contributed by atoms with Gasteiger partial charge in [-0.15, -0.1) is 0 Å². The van der Waals surface area contributed by atoms with Crippen LogP contribution in [-0.2, 0) is 21.8 Å². The van der Waals surface area contributed by atoms with Crippen LogP contribution in [0, 0.1) is 0 Å². The average Bonchev–Trinajstić information content (AvgIpc) is 3.18. The number of oxime groups is 1. The fourth-order valence-electron chi connectivity index (χ4n) is 3.66. The zero-order chi connectivity index (χ0) is 24.0. The van der Waals surface area contributed by atoms with Crippen LogP contribution in [0.2, 0.25) is 10.0 Å². The normalized spacial score (nSPS) is 18.2. The molecule has 1 aliphatic heterocycles. The number of benzene rings is 2. The van der Waals surface area contributed by atoms with Crippen LogP contribution in [0.25, 0.3) is 11.0 Å². The van der Waals surface area contributed by atoms with Gasteiger partial charge in [0.15, 0.2) is 0 Å². The van der Waals surface area contributed by atoms with Crippen LogP contribution in [-0.4, -0.2) is 17.8 Å². The second-order valence-corrected chi connectivity index (χ2v) is 8.34. The third-order valence-electron chi connectivity index (χ3n) is 5.22. The van der Waals surface area contributed by atoms with E-state index in [1.807, 2.05) is 0 Å². The molecule has 1 N–H and O–H groups in total. The van der Waals surface area contributed by atoms with Crippen LogP contribution < -0.4 is 10.9 Å². The van der Waals surface area contributed by atoms with Crippen LogP contribution in [0.3, 0.4) is 0 Å². The van der Waals surface area contributed by atoms with E-state index in [1.165, 1.54) is 19.1 Å². The minimum atomic E-state index is -4.85. The summed E-state index contributed by atoms with van der Waals surface area (Å²) in [5, 5.41) is 6.75. The Morgan fingerprint density at radius 2 is 1.85 bits per heavy atom. The fourth-order valence-corrected chi connectivity index (χ4v) is 4.19. The molecule has 6 nitrogen and oxygen atoms in total. The van der Waals surface area contributed by atoms with Crippen molar-refractivity contribution in [2.24, 2.45) is 5.16 Å². The molecular weight excluding hydrogens is 484 g/mol. The number of hydrogen-bond donors (Lipinski definition) is 1. The predicted octanol–water partition coefficient (Wildman–Crippen LogP) is 5.32. The number of nitrogens with zero attached hydrogens (tertiary/aromatic N) is 1. The summed E-state index contributed by atoms with van der Waals surface area (Å²) < 4.78 is 48.1. The molecule has 0 fully saturated rings. The Hall–Kier alpha value is -3.04. The van der Waals surface area contributed by atoms with Crippen molar-refractivity contribution in [2.45, 2.75) is 31.7 Å². The maximum absolute atomic E-state index is 14.3. The highest BCUT2D eigenvalue weighted by atomic mass is 35.5. The molecule has 0 bridgehead atoms. The third-order valence-corrected chi connectivity index (χ3v) is 5.66. The second kappa shape index (κ2) is 8.39. The van der Waals surface area contributed by atoms with Gasteiger partial charge in [0.2, 0.25) is 5.91 Å². The second-order valence-electron chi connectivity index (χ2n) is 7.47. The topological polar surface area (TPSA) is 80.9 Å². The van der Waals surface area contributed by atoms with Gasteiger partial charge < -0.3 is 14.6 Å². The maximum atomic E-state index is 14.3. The first-order chi connectivity index (χ1) is 15.5. The summed E-state index contributed by atoms with van der Waals surface area (Å²) >= 11 is 11.9. The number of nitrogens with one attached hydrogen (secondary N) is 1. The summed E-state index contributed by atoms with van der Waals surface area (Å²) in [6.07, 6.45) is -5.51. The molecular formula is C22H15Cl2F3N2O4. The minimum absolute atomic E-state index is 0.00616. The number of carbonyl (C=O) groups is 1. The van der Waals surface area contributed by atoms with E-state index in [1.54, 1.807) is 12.1 Å². The highest BCUT2D eigenvalue weighted by Crippen LogP contribution is 2.50. The zero-order valence-corrected chi connectivity index (χ0v) is 18.4. The van der Waals surface area contributed by atoms with Crippen molar-refractivity contribution < 1.29 is 27.2 Å². The zero-order valence-electron chi connectivity index (χ0n) is 16.9.